The number of benzene rings is 1. The summed E-state index contributed by atoms with van der Waals surface area (Å²) in [5.74, 6) is -1.34. The number of nitrogens with zero attached hydrogens (tertiary/aromatic N) is 1. The molecular weight excluding hydrogens is 303 g/mol. The third-order valence-corrected chi connectivity index (χ3v) is 5.17. The number of hydrogen-bond acceptors (Lipinski definition) is 2. The molecule has 1 atom stereocenters. The average Bonchev–Trinajstić information content (AvgIpc) is 2.98. The van der Waals surface area contributed by atoms with Gasteiger partial charge in [-0.25, -0.2) is 4.99 Å². The topological polar surface area (TPSA) is 29.4 Å². The van der Waals surface area contributed by atoms with E-state index < -0.39 is 23.2 Å². The van der Waals surface area contributed by atoms with Gasteiger partial charge in [-0.1, -0.05) is 37.5 Å². The van der Waals surface area contributed by atoms with Gasteiger partial charge in [-0.3, -0.25) is 4.79 Å². The minimum Gasteiger partial charge on any atom is -0.298 e. The van der Waals surface area contributed by atoms with Crippen molar-refractivity contribution in [3.8, 4) is 0 Å². The van der Waals surface area contributed by atoms with Crippen LogP contribution in [0, 0.1) is 11.3 Å². The van der Waals surface area contributed by atoms with E-state index in [1.165, 1.54) is 12.1 Å². The first-order valence-corrected chi connectivity index (χ1v) is 8.18. The van der Waals surface area contributed by atoms with E-state index in [4.69, 9.17) is 0 Å². The number of Topliss-reactive ketones (excluding diaryl/α,β-unsaturated/α-hetero) is 1. The molecule has 1 spiro atoms. The smallest absolute Gasteiger partial charge is 0.298 e. The number of aliphatic imine (C=N–C) groups is 1. The Kier molecular flexibility index (Phi) is 4.30. The van der Waals surface area contributed by atoms with Crippen molar-refractivity contribution in [3.63, 3.8) is 0 Å². The number of ketones is 1. The number of rotatable bonds is 2. The van der Waals surface area contributed by atoms with Crippen LogP contribution in [-0.2, 0) is 4.79 Å². The molecule has 0 saturated heterocycles. The molecule has 5 heteroatoms. The first kappa shape index (κ1) is 16.2. The molecule has 1 aromatic carbocycles. The Hall–Kier alpha value is -1.65. The highest BCUT2D eigenvalue weighted by Gasteiger charge is 2.52. The Bertz CT molecular complexity index is 600. The normalized spacial score (nSPS) is 25.1. The maximum Gasteiger partial charge on any atom is 0.430 e. The molecule has 0 radical (unpaired) electrons. The van der Waals surface area contributed by atoms with E-state index in [0.717, 1.165) is 32.1 Å². The van der Waals surface area contributed by atoms with Crippen molar-refractivity contribution in [2.24, 2.45) is 16.3 Å². The standard InChI is InChI=1S/C18H20F3NO/c19-18(20,21)15(22-13-7-2-1-3-8-13)14-9-6-12-17(16(14)23)10-4-5-11-17/h1-3,7-8,14H,4-6,9-12H2. The van der Waals surface area contributed by atoms with Gasteiger partial charge in [0, 0.05) is 5.41 Å². The zero-order chi connectivity index (χ0) is 16.5. The molecule has 1 unspecified atom stereocenters. The number of hydrogen-bond donors (Lipinski definition) is 0. The van der Waals surface area contributed by atoms with Gasteiger partial charge in [0.1, 0.15) is 11.5 Å². The molecular formula is C18H20F3NO. The van der Waals surface area contributed by atoms with E-state index in [1.54, 1.807) is 18.2 Å². The largest absolute Gasteiger partial charge is 0.430 e. The summed E-state index contributed by atoms with van der Waals surface area (Å²) in [5, 5.41) is 0. The first-order valence-electron chi connectivity index (χ1n) is 8.18. The zero-order valence-electron chi connectivity index (χ0n) is 12.9. The van der Waals surface area contributed by atoms with Gasteiger partial charge in [0.05, 0.1) is 11.6 Å². The molecule has 0 aliphatic heterocycles. The summed E-state index contributed by atoms with van der Waals surface area (Å²) in [6, 6.07) is 8.09. The minimum absolute atomic E-state index is 0.228. The molecule has 23 heavy (non-hydrogen) atoms. The zero-order valence-corrected chi connectivity index (χ0v) is 12.9. The van der Waals surface area contributed by atoms with Gasteiger partial charge in [-0.2, -0.15) is 13.2 Å². The predicted molar refractivity (Wildman–Crippen MR) is 82.8 cm³/mol. The molecule has 3 rings (SSSR count). The number of para-hydroxylation sites is 1. The van der Waals surface area contributed by atoms with Gasteiger partial charge in [0.15, 0.2) is 0 Å². The van der Waals surface area contributed by atoms with Crippen LogP contribution in [0.25, 0.3) is 0 Å². The van der Waals surface area contributed by atoms with Gasteiger partial charge >= 0.3 is 6.18 Å². The highest BCUT2D eigenvalue weighted by Crippen LogP contribution is 2.49. The molecule has 0 bridgehead atoms. The van der Waals surface area contributed by atoms with E-state index in [2.05, 4.69) is 4.99 Å². The molecule has 0 aromatic heterocycles. The molecule has 2 aliphatic carbocycles. The lowest BCUT2D eigenvalue weighted by molar-refractivity contribution is -0.135. The Morgan fingerprint density at radius 2 is 1.65 bits per heavy atom. The van der Waals surface area contributed by atoms with Gasteiger partial charge < -0.3 is 0 Å². The van der Waals surface area contributed by atoms with Crippen LogP contribution in [0.4, 0.5) is 18.9 Å². The Labute approximate surface area is 133 Å². The van der Waals surface area contributed by atoms with Crippen LogP contribution < -0.4 is 0 Å². The van der Waals surface area contributed by atoms with Crippen LogP contribution in [0.15, 0.2) is 35.3 Å². The van der Waals surface area contributed by atoms with Crippen LogP contribution in [0.5, 0.6) is 0 Å². The fraction of sp³-hybridized carbons (Fsp3) is 0.556. The lowest BCUT2D eigenvalue weighted by atomic mass is 9.66. The monoisotopic (exact) mass is 323 g/mol. The second-order valence-electron chi connectivity index (χ2n) is 6.63. The van der Waals surface area contributed by atoms with Crippen LogP contribution in [0.3, 0.4) is 0 Å². The molecule has 2 saturated carbocycles. The summed E-state index contributed by atoms with van der Waals surface area (Å²) in [5.41, 5.74) is -1.19. The Morgan fingerprint density at radius 1 is 1.04 bits per heavy atom. The van der Waals surface area contributed by atoms with Crippen molar-refractivity contribution in [1.82, 2.24) is 0 Å². The van der Waals surface area contributed by atoms with Gasteiger partial charge in [0.2, 0.25) is 0 Å². The van der Waals surface area contributed by atoms with Crippen molar-refractivity contribution >= 4 is 17.2 Å². The summed E-state index contributed by atoms with van der Waals surface area (Å²) in [6.07, 6.45) is 0.432. The molecule has 2 nitrogen and oxygen atoms in total. The minimum atomic E-state index is -4.58. The number of alkyl halides is 3. The molecule has 2 fully saturated rings. The molecule has 0 N–H and O–H groups in total. The average molecular weight is 323 g/mol. The van der Waals surface area contributed by atoms with Crippen molar-refractivity contribution in [2.45, 2.75) is 51.1 Å². The summed E-state index contributed by atoms with van der Waals surface area (Å²) in [7, 11) is 0. The fourth-order valence-corrected chi connectivity index (χ4v) is 4.06. The SMILES string of the molecule is O=C1C(C(=Nc2ccccc2)C(F)(F)F)CCCC12CCCC2. The van der Waals surface area contributed by atoms with E-state index >= 15 is 0 Å². The van der Waals surface area contributed by atoms with E-state index in [1.807, 2.05) is 0 Å². The van der Waals surface area contributed by atoms with E-state index in [9.17, 15) is 18.0 Å². The Balaban J connectivity index is 1.97. The van der Waals surface area contributed by atoms with Crippen molar-refractivity contribution in [2.75, 3.05) is 0 Å². The maximum absolute atomic E-state index is 13.6. The third kappa shape index (κ3) is 3.19. The highest BCUT2D eigenvalue weighted by atomic mass is 19.4. The predicted octanol–water partition coefficient (Wildman–Crippen LogP) is 5.25. The summed E-state index contributed by atoms with van der Waals surface area (Å²) in [6.45, 7) is 0. The number of halogens is 3. The fourth-order valence-electron chi connectivity index (χ4n) is 4.06. The second kappa shape index (κ2) is 6.10. The van der Waals surface area contributed by atoms with Crippen molar-refractivity contribution in [1.29, 1.82) is 0 Å². The third-order valence-electron chi connectivity index (χ3n) is 5.17. The summed E-state index contributed by atoms with van der Waals surface area (Å²) in [4.78, 5) is 16.7. The molecule has 1 aromatic rings. The lowest BCUT2D eigenvalue weighted by Crippen LogP contribution is -2.45. The lowest BCUT2D eigenvalue weighted by Gasteiger charge is -2.37. The van der Waals surface area contributed by atoms with E-state index in [-0.39, 0.29) is 17.9 Å². The Morgan fingerprint density at radius 3 is 2.26 bits per heavy atom. The molecule has 124 valence electrons. The van der Waals surface area contributed by atoms with Crippen molar-refractivity contribution < 1.29 is 18.0 Å². The molecule has 0 heterocycles. The quantitative estimate of drug-likeness (QED) is 0.683. The van der Waals surface area contributed by atoms with Crippen LogP contribution in [0.1, 0.15) is 44.9 Å². The van der Waals surface area contributed by atoms with Crippen LogP contribution in [-0.4, -0.2) is 17.7 Å². The second-order valence-corrected chi connectivity index (χ2v) is 6.63. The van der Waals surface area contributed by atoms with Gasteiger partial charge in [-0.15, -0.1) is 0 Å². The summed E-state index contributed by atoms with van der Waals surface area (Å²) >= 11 is 0. The summed E-state index contributed by atoms with van der Waals surface area (Å²) < 4.78 is 40.7. The molecule has 2 aliphatic rings. The first-order chi connectivity index (χ1) is 10.9. The van der Waals surface area contributed by atoms with Gasteiger partial charge in [-0.05, 0) is 37.8 Å². The maximum atomic E-state index is 13.6. The van der Waals surface area contributed by atoms with E-state index in [0.29, 0.717) is 6.42 Å². The van der Waals surface area contributed by atoms with Crippen LogP contribution >= 0.6 is 0 Å². The van der Waals surface area contributed by atoms with Crippen LogP contribution in [0.2, 0.25) is 0 Å². The van der Waals surface area contributed by atoms with Crippen molar-refractivity contribution in [3.05, 3.63) is 30.3 Å². The molecule has 0 amide bonds. The highest BCUT2D eigenvalue weighted by molar-refractivity contribution is 6.10. The van der Waals surface area contributed by atoms with Gasteiger partial charge in [0.25, 0.3) is 0 Å². The number of carbonyl (C=O) groups is 1. The number of carbonyl (C=O) groups excluding carboxylic acids is 1.